The second-order valence-electron chi connectivity index (χ2n) is 7.14. The third kappa shape index (κ3) is 4.64. The average molecular weight is 408 g/mol. The zero-order valence-corrected chi connectivity index (χ0v) is 17.7. The molecule has 2 aromatic carbocycles. The Morgan fingerprint density at radius 2 is 1.70 bits per heavy atom. The van der Waals surface area contributed by atoms with Crippen molar-refractivity contribution in [3.05, 3.63) is 70.1 Å². The lowest BCUT2D eigenvalue weighted by atomic mass is 10.0. The van der Waals surface area contributed by atoms with E-state index in [1.165, 1.54) is 14.2 Å². The van der Waals surface area contributed by atoms with E-state index in [2.05, 4.69) is 12.2 Å². The summed E-state index contributed by atoms with van der Waals surface area (Å²) in [5.41, 5.74) is 1.42. The molecule has 3 rings (SSSR count). The summed E-state index contributed by atoms with van der Waals surface area (Å²) in [7, 11) is 3.06. The van der Waals surface area contributed by atoms with E-state index in [0.717, 1.165) is 18.4 Å². The van der Waals surface area contributed by atoms with Crippen molar-refractivity contribution >= 4 is 16.7 Å². The van der Waals surface area contributed by atoms with Gasteiger partial charge >= 0.3 is 0 Å². The summed E-state index contributed by atoms with van der Waals surface area (Å²) in [6.45, 7) is 3.14. The monoisotopic (exact) mass is 408 g/mol. The summed E-state index contributed by atoms with van der Waals surface area (Å²) in [5.74, 6) is 0.739. The number of hydrogen-bond acceptors (Lipinski definition) is 4. The summed E-state index contributed by atoms with van der Waals surface area (Å²) >= 11 is 0. The summed E-state index contributed by atoms with van der Waals surface area (Å²) in [6.07, 6.45) is 4.23. The van der Waals surface area contributed by atoms with Gasteiger partial charge in [0.2, 0.25) is 0 Å². The zero-order chi connectivity index (χ0) is 21.5. The molecule has 0 aliphatic heterocycles. The number of pyridine rings is 1. The standard InChI is InChI=1S/C24H28N2O4/c1-4-5-12-25-23(27)20-16-26(13-11-17-9-7-6-8-10-17)24(28)19-15-22(30-3)21(29-2)14-18(19)20/h6-10,14-16H,4-5,11-13H2,1-3H3,(H,25,27). The maximum absolute atomic E-state index is 13.2. The molecular weight excluding hydrogens is 380 g/mol. The molecule has 0 bridgehead atoms. The predicted molar refractivity (Wildman–Crippen MR) is 119 cm³/mol. The van der Waals surface area contributed by atoms with E-state index in [1.807, 2.05) is 30.3 Å². The number of benzene rings is 2. The van der Waals surface area contributed by atoms with E-state index in [-0.39, 0.29) is 11.5 Å². The molecule has 0 radical (unpaired) electrons. The molecular formula is C24H28N2O4. The summed E-state index contributed by atoms with van der Waals surface area (Å²) in [5, 5.41) is 3.94. The Morgan fingerprint density at radius 3 is 2.33 bits per heavy atom. The van der Waals surface area contributed by atoms with Gasteiger partial charge in [-0.3, -0.25) is 9.59 Å². The minimum Gasteiger partial charge on any atom is -0.493 e. The lowest BCUT2D eigenvalue weighted by molar-refractivity contribution is 0.0954. The number of nitrogens with one attached hydrogen (secondary N) is 1. The van der Waals surface area contributed by atoms with Crippen LogP contribution < -0.4 is 20.3 Å². The zero-order valence-electron chi connectivity index (χ0n) is 17.7. The highest BCUT2D eigenvalue weighted by molar-refractivity contribution is 6.07. The number of rotatable bonds is 9. The highest BCUT2D eigenvalue weighted by Gasteiger charge is 2.18. The Labute approximate surface area is 176 Å². The van der Waals surface area contributed by atoms with Crippen LogP contribution in [0, 0.1) is 0 Å². The fourth-order valence-corrected chi connectivity index (χ4v) is 3.43. The lowest BCUT2D eigenvalue weighted by Gasteiger charge is -2.15. The molecule has 1 aromatic heterocycles. The molecule has 0 aliphatic rings. The molecule has 0 atom stereocenters. The summed E-state index contributed by atoms with van der Waals surface area (Å²) in [6, 6.07) is 13.3. The van der Waals surface area contributed by atoms with E-state index in [9.17, 15) is 9.59 Å². The maximum atomic E-state index is 13.2. The topological polar surface area (TPSA) is 69.6 Å². The van der Waals surface area contributed by atoms with Crippen LogP contribution in [0.15, 0.2) is 53.5 Å². The first-order valence-electron chi connectivity index (χ1n) is 10.2. The van der Waals surface area contributed by atoms with E-state index in [1.54, 1.807) is 22.9 Å². The SMILES string of the molecule is CCCCNC(=O)c1cn(CCc2ccccc2)c(=O)c2cc(OC)c(OC)cc12. The van der Waals surface area contributed by atoms with E-state index >= 15 is 0 Å². The van der Waals surface area contributed by atoms with Crippen molar-refractivity contribution < 1.29 is 14.3 Å². The quantitative estimate of drug-likeness (QED) is 0.547. The minimum atomic E-state index is -0.200. The van der Waals surface area contributed by atoms with Gasteiger partial charge in [0.1, 0.15) is 0 Å². The van der Waals surface area contributed by atoms with Crippen LogP contribution in [0.4, 0.5) is 0 Å². The molecule has 6 nitrogen and oxygen atoms in total. The number of carbonyl (C=O) groups is 1. The number of aryl methyl sites for hydroxylation is 2. The van der Waals surface area contributed by atoms with Gasteiger partial charge in [0.25, 0.3) is 11.5 Å². The number of unbranched alkanes of at least 4 members (excludes halogenated alkanes) is 1. The lowest BCUT2D eigenvalue weighted by Crippen LogP contribution is -2.28. The van der Waals surface area contributed by atoms with Crippen LogP contribution >= 0.6 is 0 Å². The minimum absolute atomic E-state index is 0.160. The highest BCUT2D eigenvalue weighted by Crippen LogP contribution is 2.32. The molecule has 1 heterocycles. The Hall–Kier alpha value is -3.28. The van der Waals surface area contributed by atoms with Crippen molar-refractivity contribution in [2.24, 2.45) is 0 Å². The number of amides is 1. The van der Waals surface area contributed by atoms with Gasteiger partial charge < -0.3 is 19.4 Å². The van der Waals surface area contributed by atoms with Gasteiger partial charge in [-0.15, -0.1) is 0 Å². The number of nitrogens with zero attached hydrogens (tertiary/aromatic N) is 1. The molecule has 0 unspecified atom stereocenters. The molecule has 3 aromatic rings. The van der Waals surface area contributed by atoms with Gasteiger partial charge in [-0.2, -0.15) is 0 Å². The average Bonchev–Trinajstić information content (AvgIpc) is 2.78. The van der Waals surface area contributed by atoms with Crippen LogP contribution in [-0.2, 0) is 13.0 Å². The smallest absolute Gasteiger partial charge is 0.258 e. The largest absolute Gasteiger partial charge is 0.493 e. The van der Waals surface area contributed by atoms with Crippen molar-refractivity contribution in [3.63, 3.8) is 0 Å². The molecule has 0 fully saturated rings. The molecule has 1 amide bonds. The molecule has 1 N–H and O–H groups in total. The van der Waals surface area contributed by atoms with Crippen LogP contribution in [-0.4, -0.2) is 31.2 Å². The molecule has 158 valence electrons. The fraction of sp³-hybridized carbons (Fsp3) is 0.333. The number of fused-ring (bicyclic) bond motifs is 1. The predicted octanol–water partition coefficient (Wildman–Crippen LogP) is 3.79. The van der Waals surface area contributed by atoms with Gasteiger partial charge in [0.15, 0.2) is 11.5 Å². The van der Waals surface area contributed by atoms with Gasteiger partial charge in [-0.25, -0.2) is 0 Å². The fourth-order valence-electron chi connectivity index (χ4n) is 3.43. The Bertz CT molecular complexity index is 1070. The summed E-state index contributed by atoms with van der Waals surface area (Å²) in [4.78, 5) is 26.1. The number of hydrogen-bond donors (Lipinski definition) is 1. The second kappa shape index (κ2) is 9.96. The third-order valence-corrected chi connectivity index (χ3v) is 5.13. The molecule has 0 aliphatic carbocycles. The number of ether oxygens (including phenoxy) is 2. The molecule has 0 saturated heterocycles. The first kappa shape index (κ1) is 21.4. The third-order valence-electron chi connectivity index (χ3n) is 5.13. The number of methoxy groups -OCH3 is 2. The van der Waals surface area contributed by atoms with Gasteiger partial charge in [0, 0.05) is 24.7 Å². The highest BCUT2D eigenvalue weighted by atomic mass is 16.5. The van der Waals surface area contributed by atoms with Crippen molar-refractivity contribution in [2.45, 2.75) is 32.7 Å². The van der Waals surface area contributed by atoms with Crippen LogP contribution in [0.2, 0.25) is 0 Å². The van der Waals surface area contributed by atoms with E-state index < -0.39 is 0 Å². The Morgan fingerprint density at radius 1 is 1.03 bits per heavy atom. The Kier molecular flexibility index (Phi) is 7.12. The van der Waals surface area contributed by atoms with Crippen LogP contribution in [0.1, 0.15) is 35.7 Å². The second-order valence-corrected chi connectivity index (χ2v) is 7.14. The van der Waals surface area contributed by atoms with Crippen molar-refractivity contribution in [1.29, 1.82) is 0 Å². The molecule has 6 heteroatoms. The number of aromatic nitrogens is 1. The van der Waals surface area contributed by atoms with Crippen molar-refractivity contribution in [1.82, 2.24) is 9.88 Å². The van der Waals surface area contributed by atoms with E-state index in [4.69, 9.17) is 9.47 Å². The maximum Gasteiger partial charge on any atom is 0.258 e. The molecule has 0 saturated carbocycles. The normalized spacial score (nSPS) is 10.8. The molecule has 30 heavy (non-hydrogen) atoms. The van der Waals surface area contributed by atoms with Crippen LogP contribution in [0.25, 0.3) is 10.8 Å². The summed E-state index contributed by atoms with van der Waals surface area (Å²) < 4.78 is 12.4. The van der Waals surface area contributed by atoms with Gasteiger partial charge in [0.05, 0.1) is 25.2 Å². The first-order chi connectivity index (χ1) is 14.6. The van der Waals surface area contributed by atoms with Crippen molar-refractivity contribution in [3.8, 4) is 11.5 Å². The number of carbonyl (C=O) groups excluding carboxylic acids is 1. The van der Waals surface area contributed by atoms with E-state index in [0.29, 0.717) is 47.3 Å². The van der Waals surface area contributed by atoms with Crippen LogP contribution in [0.3, 0.4) is 0 Å². The van der Waals surface area contributed by atoms with Gasteiger partial charge in [-0.1, -0.05) is 43.7 Å². The Balaban J connectivity index is 2.08. The molecule has 0 spiro atoms. The first-order valence-corrected chi connectivity index (χ1v) is 10.2. The van der Waals surface area contributed by atoms with Gasteiger partial charge in [-0.05, 0) is 30.5 Å². The van der Waals surface area contributed by atoms with Crippen molar-refractivity contribution in [2.75, 3.05) is 20.8 Å². The van der Waals surface area contributed by atoms with Crippen LogP contribution in [0.5, 0.6) is 11.5 Å².